The molecule has 0 saturated carbocycles. The summed E-state index contributed by atoms with van der Waals surface area (Å²) in [4.78, 5) is 10.8. The van der Waals surface area contributed by atoms with E-state index in [2.05, 4.69) is 4.74 Å². The van der Waals surface area contributed by atoms with Gasteiger partial charge in [0.05, 0.1) is 0 Å². The number of halogens is 3. The van der Waals surface area contributed by atoms with Crippen molar-refractivity contribution in [2.45, 2.75) is 33.8 Å². The number of rotatable bonds is 4. The van der Waals surface area contributed by atoms with Gasteiger partial charge in [-0.1, -0.05) is 19.9 Å². The van der Waals surface area contributed by atoms with Crippen molar-refractivity contribution in [3.05, 3.63) is 29.6 Å². The van der Waals surface area contributed by atoms with Crippen LogP contribution >= 0.6 is 0 Å². The summed E-state index contributed by atoms with van der Waals surface area (Å²) < 4.78 is 41.2. The third-order valence-corrected chi connectivity index (χ3v) is 1.72. The van der Waals surface area contributed by atoms with Gasteiger partial charge in [-0.2, -0.15) is 8.78 Å². The van der Waals surface area contributed by atoms with Crippen molar-refractivity contribution >= 4 is 5.78 Å². The number of ether oxygens (including phenoxy) is 1. The molecule has 0 spiro atoms. The molecule has 2 nitrogen and oxygen atoms in total. The fourth-order valence-electron chi connectivity index (χ4n) is 1.17. The smallest absolute Gasteiger partial charge is 0.387 e. The molecule has 0 aliphatic carbocycles. The van der Waals surface area contributed by atoms with Crippen LogP contribution in [0.1, 0.15) is 26.3 Å². The number of hydrogen-bond donors (Lipinski definition) is 0. The fourth-order valence-corrected chi connectivity index (χ4v) is 1.17. The van der Waals surface area contributed by atoms with Crippen LogP contribution in [0.3, 0.4) is 0 Å². The van der Waals surface area contributed by atoms with E-state index in [0.717, 1.165) is 6.07 Å². The third kappa shape index (κ3) is 5.38. The van der Waals surface area contributed by atoms with E-state index in [1.54, 1.807) is 0 Å². The largest absolute Gasteiger partial charge is 0.434 e. The molecule has 0 aliphatic heterocycles. The maximum absolute atomic E-state index is 13.2. The highest BCUT2D eigenvalue weighted by Gasteiger charge is 2.14. The molecule has 0 aliphatic rings. The average molecular weight is 248 g/mol. The van der Waals surface area contributed by atoms with Gasteiger partial charge in [0.1, 0.15) is 17.3 Å². The number of hydrogen-bond acceptors (Lipinski definition) is 2. The highest BCUT2D eigenvalue weighted by molar-refractivity contribution is 5.79. The number of Topliss-reactive ketones (excluding diaryl/α,β-unsaturated/α-hetero) is 1. The molecule has 1 aromatic carbocycles. The van der Waals surface area contributed by atoms with Crippen molar-refractivity contribution in [1.29, 1.82) is 0 Å². The van der Waals surface area contributed by atoms with Crippen LogP contribution in [0.15, 0.2) is 18.2 Å². The zero-order valence-corrected chi connectivity index (χ0v) is 9.97. The van der Waals surface area contributed by atoms with E-state index in [1.807, 2.05) is 13.8 Å². The minimum absolute atomic E-state index is 0.134. The third-order valence-electron chi connectivity index (χ3n) is 1.72. The summed E-state index contributed by atoms with van der Waals surface area (Å²) >= 11 is 0. The summed E-state index contributed by atoms with van der Waals surface area (Å²) in [5.74, 6) is -1.33. The summed E-state index contributed by atoms with van der Waals surface area (Å²) in [5, 5.41) is 0. The number of benzene rings is 1. The molecule has 0 aromatic heterocycles. The topological polar surface area (TPSA) is 26.3 Å². The molecule has 0 N–H and O–H groups in total. The minimum atomic E-state index is -3.03. The first kappa shape index (κ1) is 15.5. The molecular formula is C12H15F3O2. The molecule has 0 unspecified atom stereocenters. The zero-order chi connectivity index (χ0) is 13.4. The second kappa shape index (κ2) is 7.70. The predicted octanol–water partition coefficient (Wildman–Crippen LogP) is 3.58. The van der Waals surface area contributed by atoms with E-state index in [0.29, 0.717) is 0 Å². The quantitative estimate of drug-likeness (QED) is 0.814. The Balaban J connectivity index is 0.00000121. The number of alkyl halides is 2. The van der Waals surface area contributed by atoms with Gasteiger partial charge in [-0.3, -0.25) is 4.79 Å². The Kier molecular flexibility index (Phi) is 7.02. The summed E-state index contributed by atoms with van der Waals surface area (Å²) in [7, 11) is 0. The van der Waals surface area contributed by atoms with Gasteiger partial charge in [0.2, 0.25) is 0 Å². The Morgan fingerprint density at radius 1 is 1.35 bits per heavy atom. The van der Waals surface area contributed by atoms with Crippen LogP contribution in [0.2, 0.25) is 0 Å². The van der Waals surface area contributed by atoms with Crippen molar-refractivity contribution in [1.82, 2.24) is 0 Å². The van der Waals surface area contributed by atoms with E-state index < -0.39 is 12.4 Å². The molecule has 17 heavy (non-hydrogen) atoms. The number of ketones is 1. The van der Waals surface area contributed by atoms with Crippen molar-refractivity contribution in [2.24, 2.45) is 0 Å². The van der Waals surface area contributed by atoms with E-state index in [9.17, 15) is 18.0 Å². The highest BCUT2D eigenvalue weighted by atomic mass is 19.3. The summed E-state index contributed by atoms with van der Waals surface area (Å²) in [6, 6.07) is 3.54. The van der Waals surface area contributed by atoms with Crippen LogP contribution in [-0.4, -0.2) is 12.4 Å². The van der Waals surface area contributed by atoms with E-state index in [-0.39, 0.29) is 23.5 Å². The van der Waals surface area contributed by atoms with Crippen LogP contribution in [0.25, 0.3) is 0 Å². The Labute approximate surface area is 98.4 Å². The minimum Gasteiger partial charge on any atom is -0.434 e. The normalized spacial score (nSPS) is 9.59. The lowest BCUT2D eigenvalue weighted by Crippen LogP contribution is -2.08. The molecule has 0 bridgehead atoms. The lowest BCUT2D eigenvalue weighted by atomic mass is 10.1. The molecule has 1 rings (SSSR count). The van der Waals surface area contributed by atoms with Gasteiger partial charge in [-0.25, -0.2) is 4.39 Å². The van der Waals surface area contributed by atoms with Crippen molar-refractivity contribution in [3.8, 4) is 5.75 Å². The van der Waals surface area contributed by atoms with Gasteiger partial charge in [-0.15, -0.1) is 0 Å². The number of carbonyl (C=O) groups is 1. The van der Waals surface area contributed by atoms with Crippen LogP contribution < -0.4 is 4.74 Å². The Morgan fingerprint density at radius 3 is 2.41 bits per heavy atom. The van der Waals surface area contributed by atoms with Crippen LogP contribution in [-0.2, 0) is 11.2 Å². The van der Waals surface area contributed by atoms with Gasteiger partial charge < -0.3 is 4.74 Å². The summed E-state index contributed by atoms with van der Waals surface area (Å²) in [5.41, 5.74) is -0.134. The van der Waals surface area contributed by atoms with E-state index >= 15 is 0 Å². The summed E-state index contributed by atoms with van der Waals surface area (Å²) in [6.45, 7) is 2.22. The van der Waals surface area contributed by atoms with Gasteiger partial charge in [0.15, 0.2) is 0 Å². The Hall–Kier alpha value is -1.52. The number of carbonyl (C=O) groups excluding carboxylic acids is 1. The second-order valence-corrected chi connectivity index (χ2v) is 2.97. The SMILES string of the molecule is CC.CC(=O)Cc1c(F)cccc1OC(F)F. The molecule has 0 radical (unpaired) electrons. The van der Waals surface area contributed by atoms with Crippen molar-refractivity contribution in [3.63, 3.8) is 0 Å². The highest BCUT2D eigenvalue weighted by Crippen LogP contribution is 2.23. The maximum Gasteiger partial charge on any atom is 0.387 e. The summed E-state index contributed by atoms with van der Waals surface area (Å²) in [6.07, 6.45) is -0.255. The first-order valence-electron chi connectivity index (χ1n) is 5.22. The first-order chi connectivity index (χ1) is 8.00. The molecule has 1 aromatic rings. The predicted molar refractivity (Wildman–Crippen MR) is 58.8 cm³/mol. The first-order valence-corrected chi connectivity index (χ1v) is 5.22. The van der Waals surface area contributed by atoms with Gasteiger partial charge in [0, 0.05) is 12.0 Å². The second-order valence-electron chi connectivity index (χ2n) is 2.97. The fraction of sp³-hybridized carbons (Fsp3) is 0.417. The molecule has 96 valence electrons. The molecular weight excluding hydrogens is 233 g/mol. The van der Waals surface area contributed by atoms with Crippen molar-refractivity contribution < 1.29 is 22.7 Å². The van der Waals surface area contributed by atoms with Gasteiger partial charge in [0.25, 0.3) is 0 Å². The lowest BCUT2D eigenvalue weighted by molar-refractivity contribution is -0.116. The maximum atomic E-state index is 13.2. The van der Waals surface area contributed by atoms with Crippen LogP contribution in [0, 0.1) is 5.82 Å². The molecule has 0 amide bonds. The monoisotopic (exact) mass is 248 g/mol. The lowest BCUT2D eigenvalue weighted by Gasteiger charge is -2.09. The molecule has 5 heteroatoms. The standard InChI is InChI=1S/C10H9F3O2.C2H6/c1-6(14)5-7-8(11)3-2-4-9(7)15-10(12)13;1-2/h2-4,10H,5H2,1H3;1-2H3. The Bertz CT molecular complexity index is 365. The van der Waals surface area contributed by atoms with Gasteiger partial charge in [-0.05, 0) is 19.1 Å². The van der Waals surface area contributed by atoms with E-state index in [4.69, 9.17) is 0 Å². The zero-order valence-electron chi connectivity index (χ0n) is 9.97. The average Bonchev–Trinajstić information content (AvgIpc) is 2.25. The Morgan fingerprint density at radius 2 is 1.94 bits per heavy atom. The van der Waals surface area contributed by atoms with Gasteiger partial charge >= 0.3 is 6.61 Å². The molecule has 0 heterocycles. The molecule has 0 atom stereocenters. The van der Waals surface area contributed by atoms with Crippen LogP contribution in [0.5, 0.6) is 5.75 Å². The van der Waals surface area contributed by atoms with Crippen molar-refractivity contribution in [2.75, 3.05) is 0 Å². The van der Waals surface area contributed by atoms with E-state index in [1.165, 1.54) is 19.1 Å². The molecule has 0 saturated heterocycles. The van der Waals surface area contributed by atoms with Crippen LogP contribution in [0.4, 0.5) is 13.2 Å². The molecule has 0 fully saturated rings.